The number of halogens is 1. The number of ether oxygens (including phenoxy) is 1. The van der Waals surface area contributed by atoms with E-state index < -0.39 is 26.4 Å². The fourth-order valence-electron chi connectivity index (χ4n) is 3.72. The summed E-state index contributed by atoms with van der Waals surface area (Å²) in [6, 6.07) is 14.0. The van der Waals surface area contributed by atoms with E-state index in [2.05, 4.69) is 0 Å². The molecule has 1 aliphatic rings. The first-order valence-corrected chi connectivity index (χ1v) is 11.0. The van der Waals surface area contributed by atoms with Gasteiger partial charge in [-0.2, -0.15) is 0 Å². The minimum absolute atomic E-state index is 0.154. The fourth-order valence-corrected chi connectivity index (χ4v) is 6.68. The van der Waals surface area contributed by atoms with Gasteiger partial charge in [-0.3, -0.25) is 0 Å². The van der Waals surface area contributed by atoms with Crippen LogP contribution in [0.15, 0.2) is 53.4 Å². The summed E-state index contributed by atoms with van der Waals surface area (Å²) in [6.45, 7) is 4.37. The molecule has 0 bridgehead atoms. The van der Waals surface area contributed by atoms with Crippen molar-refractivity contribution in [2.24, 2.45) is 11.1 Å². The van der Waals surface area contributed by atoms with Crippen molar-refractivity contribution in [3.05, 3.63) is 64.7 Å². The molecule has 1 saturated carbocycles. The van der Waals surface area contributed by atoms with Crippen molar-refractivity contribution < 1.29 is 13.2 Å². The van der Waals surface area contributed by atoms with Crippen LogP contribution in [0.4, 0.5) is 0 Å². The lowest BCUT2D eigenvalue weighted by molar-refractivity contribution is 0.121. The van der Waals surface area contributed by atoms with Crippen LogP contribution in [0, 0.1) is 12.3 Å². The van der Waals surface area contributed by atoms with Crippen molar-refractivity contribution in [3.8, 4) is 0 Å². The van der Waals surface area contributed by atoms with Crippen LogP contribution in [0.5, 0.6) is 0 Å². The maximum absolute atomic E-state index is 13.5. The number of nitrogens with two attached hydrogens (primary N) is 1. The van der Waals surface area contributed by atoms with Crippen LogP contribution < -0.4 is 5.73 Å². The van der Waals surface area contributed by atoms with Crippen molar-refractivity contribution in [1.82, 2.24) is 0 Å². The third kappa shape index (κ3) is 3.51. The minimum atomic E-state index is -3.67. The van der Waals surface area contributed by atoms with Gasteiger partial charge in [0, 0.05) is 17.5 Å². The van der Waals surface area contributed by atoms with E-state index in [1.165, 1.54) is 0 Å². The molecule has 2 aromatic carbocycles. The van der Waals surface area contributed by atoms with E-state index in [4.69, 9.17) is 34.3 Å². The number of thiocarbonyl (C=S) groups is 1. The van der Waals surface area contributed by atoms with Gasteiger partial charge in [0.2, 0.25) is 0 Å². The van der Waals surface area contributed by atoms with Gasteiger partial charge < -0.3 is 10.5 Å². The Morgan fingerprint density at radius 3 is 2.48 bits per heavy atom. The summed E-state index contributed by atoms with van der Waals surface area (Å²) < 4.78 is 32.5. The van der Waals surface area contributed by atoms with Crippen LogP contribution in [-0.2, 0) is 14.6 Å². The number of aryl methyl sites for hydroxylation is 1. The molecule has 3 atom stereocenters. The molecule has 0 heterocycles. The second kappa shape index (κ2) is 7.51. The van der Waals surface area contributed by atoms with E-state index in [-0.39, 0.29) is 16.5 Å². The summed E-state index contributed by atoms with van der Waals surface area (Å²) in [4.78, 5) is 0.418. The molecule has 7 heteroatoms. The molecule has 27 heavy (non-hydrogen) atoms. The highest BCUT2D eigenvalue weighted by Crippen LogP contribution is 2.64. The molecule has 1 fully saturated rings. The molecule has 0 spiro atoms. The zero-order chi connectivity index (χ0) is 19.8. The van der Waals surface area contributed by atoms with Gasteiger partial charge in [0.1, 0.15) is 0 Å². The number of rotatable bonds is 7. The predicted molar refractivity (Wildman–Crippen MR) is 112 cm³/mol. The largest absolute Gasteiger partial charge is 0.393 e. The van der Waals surface area contributed by atoms with Crippen LogP contribution >= 0.6 is 23.8 Å². The molecule has 2 N–H and O–H groups in total. The Balaban J connectivity index is 2.12. The molecule has 0 aliphatic heterocycles. The van der Waals surface area contributed by atoms with Crippen LogP contribution in [0.3, 0.4) is 0 Å². The van der Waals surface area contributed by atoms with Crippen LogP contribution in [0.25, 0.3) is 0 Å². The molecule has 0 amide bonds. The molecule has 4 nitrogen and oxygen atoms in total. The van der Waals surface area contributed by atoms with Gasteiger partial charge in [0.15, 0.2) is 9.84 Å². The third-order valence-corrected chi connectivity index (χ3v) is 8.06. The Labute approximate surface area is 170 Å². The molecule has 0 saturated heterocycles. The molecule has 0 radical (unpaired) electrons. The summed E-state index contributed by atoms with van der Waals surface area (Å²) in [5, 5.41) is -0.241. The molecule has 0 aromatic heterocycles. The van der Waals surface area contributed by atoms with Crippen molar-refractivity contribution in [3.63, 3.8) is 0 Å². The van der Waals surface area contributed by atoms with Crippen molar-refractivity contribution in [2.45, 2.75) is 29.9 Å². The summed E-state index contributed by atoms with van der Waals surface area (Å²) in [6.07, 6.45) is 0. The second-order valence-electron chi connectivity index (χ2n) is 6.85. The van der Waals surface area contributed by atoms with E-state index in [1.54, 1.807) is 42.5 Å². The lowest BCUT2D eigenvalue weighted by Gasteiger charge is -2.17. The first-order chi connectivity index (χ1) is 12.7. The maximum atomic E-state index is 13.5. The average molecular weight is 424 g/mol. The van der Waals surface area contributed by atoms with Crippen molar-refractivity contribution in [1.29, 1.82) is 0 Å². The third-order valence-electron chi connectivity index (χ3n) is 5.15. The van der Waals surface area contributed by atoms with Gasteiger partial charge in [0.25, 0.3) is 0 Å². The van der Waals surface area contributed by atoms with Gasteiger partial charge >= 0.3 is 0 Å². The Morgan fingerprint density at radius 1 is 1.26 bits per heavy atom. The quantitative estimate of drug-likeness (QED) is 0.684. The second-order valence-corrected chi connectivity index (χ2v) is 9.80. The average Bonchev–Trinajstić information content (AvgIpc) is 3.32. The Hall–Kier alpha value is -1.47. The SMILES string of the molecule is CCOC[C@]1(C(N)=S)[C@@H](c2cccc(Cl)c2)[C@@H]1S(=O)(=O)c1ccc(C)cc1. The molecule has 3 rings (SSSR count). The fraction of sp³-hybridized carbons (Fsp3) is 0.350. The molecular formula is C20H22ClNO3S2. The minimum Gasteiger partial charge on any atom is -0.393 e. The Bertz CT molecular complexity index is 959. The number of hydrogen-bond acceptors (Lipinski definition) is 4. The first-order valence-electron chi connectivity index (χ1n) is 8.69. The molecular weight excluding hydrogens is 402 g/mol. The Kier molecular flexibility index (Phi) is 5.64. The van der Waals surface area contributed by atoms with Crippen molar-refractivity contribution >= 4 is 38.6 Å². The summed E-state index contributed by atoms with van der Waals surface area (Å²) in [5.74, 6) is -0.397. The number of benzene rings is 2. The van der Waals surface area contributed by atoms with Crippen molar-refractivity contribution in [2.75, 3.05) is 13.2 Å². The topological polar surface area (TPSA) is 69.4 Å². The summed E-state index contributed by atoms with van der Waals surface area (Å²) in [7, 11) is -3.67. The maximum Gasteiger partial charge on any atom is 0.182 e. The smallest absolute Gasteiger partial charge is 0.182 e. The predicted octanol–water partition coefficient (Wildman–Crippen LogP) is 3.90. The Morgan fingerprint density at radius 2 is 1.93 bits per heavy atom. The lowest BCUT2D eigenvalue weighted by atomic mass is 10.00. The van der Waals surface area contributed by atoms with E-state index in [9.17, 15) is 8.42 Å². The normalized spacial score (nSPS) is 24.6. The van der Waals surface area contributed by atoms with E-state index >= 15 is 0 Å². The van der Waals surface area contributed by atoms with Gasteiger partial charge in [-0.25, -0.2) is 8.42 Å². The van der Waals surface area contributed by atoms with Gasteiger partial charge in [-0.05, 0) is 43.7 Å². The van der Waals surface area contributed by atoms with Gasteiger partial charge in [-0.15, -0.1) is 0 Å². The molecule has 0 unspecified atom stereocenters. The summed E-state index contributed by atoms with van der Waals surface area (Å²) in [5.41, 5.74) is 6.93. The van der Waals surface area contributed by atoms with E-state index in [1.807, 2.05) is 19.9 Å². The number of sulfone groups is 1. The van der Waals surface area contributed by atoms with Crippen LogP contribution in [0.2, 0.25) is 5.02 Å². The highest BCUT2D eigenvalue weighted by Gasteiger charge is 2.73. The van der Waals surface area contributed by atoms with E-state index in [0.717, 1.165) is 11.1 Å². The highest BCUT2D eigenvalue weighted by atomic mass is 35.5. The van der Waals surface area contributed by atoms with Crippen LogP contribution in [-0.4, -0.2) is 31.9 Å². The van der Waals surface area contributed by atoms with Gasteiger partial charge in [0.05, 0.1) is 27.2 Å². The van der Waals surface area contributed by atoms with E-state index in [0.29, 0.717) is 11.6 Å². The zero-order valence-corrected chi connectivity index (χ0v) is 17.6. The molecule has 1 aliphatic carbocycles. The molecule has 2 aromatic rings. The monoisotopic (exact) mass is 423 g/mol. The van der Waals surface area contributed by atoms with Gasteiger partial charge in [-0.1, -0.05) is 53.6 Å². The first kappa shape index (κ1) is 20.3. The zero-order valence-electron chi connectivity index (χ0n) is 15.2. The standard InChI is InChI=1S/C20H22ClNO3S2/c1-3-25-12-20(19(22)26)17(14-5-4-6-15(21)11-14)18(20)27(23,24)16-9-7-13(2)8-10-16/h4-11,17-18H,3,12H2,1-2H3,(H2,22,26)/t17-,18-,20-/m0/s1. The van der Waals surface area contributed by atoms with Crippen LogP contribution in [0.1, 0.15) is 24.0 Å². The highest BCUT2D eigenvalue weighted by molar-refractivity contribution is 7.92. The summed E-state index contributed by atoms with van der Waals surface area (Å²) >= 11 is 11.5. The number of hydrogen-bond donors (Lipinski definition) is 1. The lowest BCUT2D eigenvalue weighted by Crippen LogP contribution is -2.33. The molecule has 144 valence electrons.